The van der Waals surface area contributed by atoms with Gasteiger partial charge in [0.25, 0.3) is 0 Å². The Morgan fingerprint density at radius 3 is 2.07 bits per heavy atom. The third-order valence-electron chi connectivity index (χ3n) is 2.42. The van der Waals surface area contributed by atoms with E-state index in [1.54, 1.807) is 6.61 Å². The molecule has 0 aromatic rings. The summed E-state index contributed by atoms with van der Waals surface area (Å²) in [5.74, 6) is -0.213. The number of esters is 1. The van der Waals surface area contributed by atoms with Crippen molar-refractivity contribution in [2.45, 2.75) is 71.6 Å². The Labute approximate surface area is 94.4 Å². The molecule has 0 aliphatic heterocycles. The molecule has 0 fully saturated rings. The van der Waals surface area contributed by atoms with Gasteiger partial charge in [0.1, 0.15) is 6.61 Å². The second-order valence-electron chi connectivity index (χ2n) is 4.04. The summed E-state index contributed by atoms with van der Waals surface area (Å²) in [6.45, 7) is 5.30. The van der Waals surface area contributed by atoms with Crippen LogP contribution in [-0.4, -0.2) is 5.97 Å². The number of rotatable bonds is 10. The summed E-state index contributed by atoms with van der Waals surface area (Å²) in [5.41, 5.74) is 0. The number of unbranched alkanes of at least 4 members (excludes halogenated alkanes) is 8. The van der Waals surface area contributed by atoms with Crippen LogP contribution in [0.4, 0.5) is 0 Å². The van der Waals surface area contributed by atoms with Gasteiger partial charge in [-0.3, -0.25) is 4.79 Å². The van der Waals surface area contributed by atoms with Crippen LogP contribution in [0.25, 0.3) is 0 Å². The van der Waals surface area contributed by atoms with Gasteiger partial charge in [0.15, 0.2) is 0 Å². The monoisotopic (exact) mass is 213 g/mol. The summed E-state index contributed by atoms with van der Waals surface area (Å²) in [4.78, 5) is 10.4. The van der Waals surface area contributed by atoms with E-state index < -0.39 is 0 Å². The zero-order valence-electron chi connectivity index (χ0n) is 10.3. The lowest BCUT2D eigenvalue weighted by molar-refractivity contribution is -0.137. The molecule has 0 saturated carbocycles. The first-order chi connectivity index (χ1) is 7.27. The van der Waals surface area contributed by atoms with Crippen LogP contribution in [0.3, 0.4) is 0 Å². The molecule has 0 spiro atoms. The average molecular weight is 213 g/mol. The van der Waals surface area contributed by atoms with Crippen molar-refractivity contribution in [1.82, 2.24) is 0 Å². The molecule has 0 N–H and O–H groups in total. The zero-order valence-corrected chi connectivity index (χ0v) is 10.3. The molecular formula is C13H25O2. The van der Waals surface area contributed by atoms with Crippen molar-refractivity contribution in [1.29, 1.82) is 0 Å². The van der Waals surface area contributed by atoms with E-state index in [4.69, 9.17) is 4.74 Å². The Morgan fingerprint density at radius 1 is 1.00 bits per heavy atom. The quantitative estimate of drug-likeness (QED) is 0.401. The van der Waals surface area contributed by atoms with Crippen molar-refractivity contribution in [2.75, 3.05) is 0 Å². The van der Waals surface area contributed by atoms with Gasteiger partial charge in [0.05, 0.1) is 0 Å². The summed E-state index contributed by atoms with van der Waals surface area (Å²) < 4.78 is 4.74. The molecule has 0 aliphatic rings. The third kappa shape index (κ3) is 13.5. The van der Waals surface area contributed by atoms with E-state index >= 15 is 0 Å². The lowest BCUT2D eigenvalue weighted by atomic mass is 10.1. The SMILES string of the molecule is CCCCCCCCCC[CH]OC(C)=O. The first-order valence-corrected chi connectivity index (χ1v) is 6.26. The summed E-state index contributed by atoms with van der Waals surface area (Å²) >= 11 is 0. The van der Waals surface area contributed by atoms with Crippen LogP contribution in [0.2, 0.25) is 0 Å². The molecule has 0 bridgehead atoms. The molecule has 0 aromatic heterocycles. The Hall–Kier alpha value is -0.530. The fourth-order valence-corrected chi connectivity index (χ4v) is 1.54. The normalized spacial score (nSPS) is 10.3. The summed E-state index contributed by atoms with van der Waals surface area (Å²) in [5, 5.41) is 0. The molecule has 0 saturated heterocycles. The number of hydrogen-bond donors (Lipinski definition) is 0. The van der Waals surface area contributed by atoms with Crippen molar-refractivity contribution in [3.05, 3.63) is 6.61 Å². The minimum atomic E-state index is -0.213. The van der Waals surface area contributed by atoms with Gasteiger partial charge in [-0.05, 0) is 12.8 Å². The average Bonchev–Trinajstić information content (AvgIpc) is 2.20. The van der Waals surface area contributed by atoms with Crippen molar-refractivity contribution < 1.29 is 9.53 Å². The molecule has 0 heterocycles. The number of hydrogen-bond acceptors (Lipinski definition) is 2. The van der Waals surface area contributed by atoms with E-state index in [-0.39, 0.29) is 5.97 Å². The van der Waals surface area contributed by atoms with E-state index in [1.165, 1.54) is 51.9 Å². The number of carbonyl (C=O) groups is 1. The Balaban J connectivity index is 2.89. The minimum Gasteiger partial charge on any atom is -0.459 e. The highest BCUT2D eigenvalue weighted by Crippen LogP contribution is 2.10. The highest BCUT2D eigenvalue weighted by Gasteiger charge is 1.94. The second-order valence-corrected chi connectivity index (χ2v) is 4.04. The lowest BCUT2D eigenvalue weighted by Crippen LogP contribution is -1.94. The van der Waals surface area contributed by atoms with Gasteiger partial charge in [-0.25, -0.2) is 0 Å². The Bertz CT molecular complexity index is 143. The molecule has 2 heteroatoms. The molecule has 0 atom stereocenters. The van der Waals surface area contributed by atoms with E-state index in [9.17, 15) is 4.79 Å². The predicted molar refractivity (Wildman–Crippen MR) is 63.3 cm³/mol. The molecule has 0 aliphatic carbocycles. The van der Waals surface area contributed by atoms with Crippen molar-refractivity contribution in [2.24, 2.45) is 0 Å². The first kappa shape index (κ1) is 14.5. The van der Waals surface area contributed by atoms with E-state index in [1.807, 2.05) is 0 Å². The van der Waals surface area contributed by atoms with Crippen molar-refractivity contribution in [3.63, 3.8) is 0 Å². The number of carbonyl (C=O) groups excluding carboxylic acids is 1. The Kier molecular flexibility index (Phi) is 11.1. The molecule has 2 nitrogen and oxygen atoms in total. The summed E-state index contributed by atoms with van der Waals surface area (Å²) in [6, 6.07) is 0. The third-order valence-corrected chi connectivity index (χ3v) is 2.42. The zero-order chi connectivity index (χ0) is 11.4. The van der Waals surface area contributed by atoms with Crippen LogP contribution in [0.1, 0.15) is 71.6 Å². The van der Waals surface area contributed by atoms with E-state index in [0.29, 0.717) is 0 Å². The maximum atomic E-state index is 10.4. The van der Waals surface area contributed by atoms with Gasteiger partial charge in [-0.1, -0.05) is 51.9 Å². The number of ether oxygens (including phenoxy) is 1. The van der Waals surface area contributed by atoms with Gasteiger partial charge in [0.2, 0.25) is 0 Å². The van der Waals surface area contributed by atoms with Crippen LogP contribution in [0, 0.1) is 6.61 Å². The minimum absolute atomic E-state index is 0.213. The highest BCUT2D eigenvalue weighted by molar-refractivity contribution is 5.66. The van der Waals surface area contributed by atoms with Crippen LogP contribution >= 0.6 is 0 Å². The predicted octanol–water partition coefficient (Wildman–Crippen LogP) is 4.24. The maximum absolute atomic E-state index is 10.4. The molecule has 0 amide bonds. The molecule has 89 valence electrons. The maximum Gasteiger partial charge on any atom is 0.303 e. The summed E-state index contributed by atoms with van der Waals surface area (Å²) in [6.07, 6.45) is 11.4. The smallest absolute Gasteiger partial charge is 0.303 e. The van der Waals surface area contributed by atoms with Crippen LogP contribution < -0.4 is 0 Å². The molecule has 0 aromatic carbocycles. The molecule has 15 heavy (non-hydrogen) atoms. The second kappa shape index (κ2) is 11.5. The van der Waals surface area contributed by atoms with Crippen LogP contribution in [0.15, 0.2) is 0 Å². The standard InChI is InChI=1S/C13H25O2/c1-3-4-5-6-7-8-9-10-11-12-15-13(2)14/h12H,3-11H2,1-2H3. The molecule has 0 rings (SSSR count). The fraction of sp³-hybridized carbons (Fsp3) is 0.846. The van der Waals surface area contributed by atoms with Crippen molar-refractivity contribution in [3.8, 4) is 0 Å². The molecular weight excluding hydrogens is 188 g/mol. The van der Waals surface area contributed by atoms with Gasteiger partial charge in [0, 0.05) is 6.92 Å². The highest BCUT2D eigenvalue weighted by atomic mass is 16.5. The largest absolute Gasteiger partial charge is 0.459 e. The topological polar surface area (TPSA) is 26.3 Å². The van der Waals surface area contributed by atoms with Crippen molar-refractivity contribution >= 4 is 5.97 Å². The van der Waals surface area contributed by atoms with Gasteiger partial charge < -0.3 is 4.74 Å². The van der Waals surface area contributed by atoms with E-state index in [2.05, 4.69) is 6.92 Å². The first-order valence-electron chi connectivity index (χ1n) is 6.26. The van der Waals surface area contributed by atoms with Gasteiger partial charge in [-0.15, -0.1) is 0 Å². The van der Waals surface area contributed by atoms with Gasteiger partial charge in [-0.2, -0.15) is 0 Å². The summed E-state index contributed by atoms with van der Waals surface area (Å²) in [7, 11) is 0. The van der Waals surface area contributed by atoms with Crippen LogP contribution in [0.5, 0.6) is 0 Å². The fourth-order valence-electron chi connectivity index (χ4n) is 1.54. The van der Waals surface area contributed by atoms with Gasteiger partial charge >= 0.3 is 5.97 Å². The van der Waals surface area contributed by atoms with E-state index in [0.717, 1.165) is 12.8 Å². The van der Waals surface area contributed by atoms with Crippen LogP contribution in [-0.2, 0) is 9.53 Å². The lowest BCUT2D eigenvalue weighted by Gasteiger charge is -2.01. The molecule has 0 unspecified atom stereocenters. The molecule has 1 radical (unpaired) electrons. The Morgan fingerprint density at radius 2 is 1.53 bits per heavy atom.